The van der Waals surface area contributed by atoms with E-state index in [2.05, 4.69) is 20.2 Å². The van der Waals surface area contributed by atoms with E-state index in [1.807, 2.05) is 33.8 Å². The summed E-state index contributed by atoms with van der Waals surface area (Å²) in [6.45, 7) is 10.5. The normalized spacial score (nSPS) is 13.6. The molecule has 162 valence electrons. The number of carboxylic acid groups (broad SMARTS) is 1. The van der Waals surface area contributed by atoms with Gasteiger partial charge < -0.3 is 15.2 Å². The Balaban J connectivity index is 2.16. The van der Waals surface area contributed by atoms with Gasteiger partial charge in [-0.2, -0.15) is 5.10 Å². The van der Waals surface area contributed by atoms with E-state index in [0.717, 1.165) is 21.0 Å². The molecule has 0 saturated heterocycles. The quantitative estimate of drug-likeness (QED) is 0.486. The van der Waals surface area contributed by atoms with Gasteiger partial charge in [-0.1, -0.05) is 20.8 Å². The number of aryl methyl sites for hydroxylation is 1. The van der Waals surface area contributed by atoms with Crippen LogP contribution in [0.2, 0.25) is 0 Å². The molecule has 0 aliphatic carbocycles. The standard InChI is InChI=1S/C20H27N5O4S/c1-10-11(8-21-24-10)13-7-12-14(30-13)17(26)23-16(22-12)15(19(2,3)4)25(18(27)28)9-20(5,6)29/h7-8,15,29H,9H2,1-6H3,(H,21,24)(H,27,28)(H,22,23,26). The van der Waals surface area contributed by atoms with E-state index in [4.69, 9.17) is 0 Å². The molecular formula is C20H27N5O4S. The van der Waals surface area contributed by atoms with Crippen molar-refractivity contribution in [2.75, 3.05) is 6.54 Å². The third kappa shape index (κ3) is 4.39. The van der Waals surface area contributed by atoms with Crippen LogP contribution in [0.4, 0.5) is 4.79 Å². The van der Waals surface area contributed by atoms with Crippen molar-refractivity contribution >= 4 is 27.6 Å². The number of hydrogen-bond acceptors (Lipinski definition) is 6. The van der Waals surface area contributed by atoms with Crippen molar-refractivity contribution in [3.05, 3.63) is 34.1 Å². The lowest BCUT2D eigenvalue weighted by atomic mass is 9.84. The molecule has 3 heterocycles. The van der Waals surface area contributed by atoms with Crippen LogP contribution in [0.25, 0.3) is 20.7 Å². The van der Waals surface area contributed by atoms with Gasteiger partial charge in [0.1, 0.15) is 10.5 Å². The number of aromatic nitrogens is 4. The summed E-state index contributed by atoms with van der Waals surface area (Å²) < 4.78 is 0.464. The first-order valence-corrected chi connectivity index (χ1v) is 10.4. The molecule has 0 bridgehead atoms. The van der Waals surface area contributed by atoms with Crippen LogP contribution in [0.15, 0.2) is 17.1 Å². The van der Waals surface area contributed by atoms with E-state index in [1.54, 1.807) is 20.0 Å². The summed E-state index contributed by atoms with van der Waals surface area (Å²) in [5, 5.41) is 27.0. The first-order chi connectivity index (χ1) is 13.8. The van der Waals surface area contributed by atoms with Crippen molar-refractivity contribution in [2.24, 2.45) is 5.41 Å². The van der Waals surface area contributed by atoms with E-state index in [-0.39, 0.29) is 17.9 Å². The lowest BCUT2D eigenvalue weighted by molar-refractivity contribution is 0.00112. The van der Waals surface area contributed by atoms with Gasteiger partial charge in [-0.25, -0.2) is 9.78 Å². The Bertz CT molecular complexity index is 1130. The summed E-state index contributed by atoms with van der Waals surface area (Å²) in [7, 11) is 0. The van der Waals surface area contributed by atoms with Gasteiger partial charge in [-0.05, 0) is 32.3 Å². The van der Waals surface area contributed by atoms with Crippen molar-refractivity contribution in [3.8, 4) is 10.4 Å². The molecule has 10 heteroatoms. The minimum Gasteiger partial charge on any atom is -0.465 e. The van der Waals surface area contributed by atoms with Gasteiger partial charge >= 0.3 is 6.09 Å². The minimum absolute atomic E-state index is 0.130. The van der Waals surface area contributed by atoms with Crippen molar-refractivity contribution in [2.45, 2.75) is 53.2 Å². The Labute approximate surface area is 177 Å². The molecule has 0 radical (unpaired) electrons. The molecule has 1 amide bonds. The highest BCUT2D eigenvalue weighted by Crippen LogP contribution is 2.38. The molecule has 9 nitrogen and oxygen atoms in total. The van der Waals surface area contributed by atoms with Gasteiger partial charge in [0.25, 0.3) is 5.56 Å². The topological polar surface area (TPSA) is 135 Å². The lowest BCUT2D eigenvalue weighted by Gasteiger charge is -2.40. The molecule has 3 rings (SSSR count). The molecule has 0 aliphatic heterocycles. The number of nitrogens with one attached hydrogen (secondary N) is 2. The van der Waals surface area contributed by atoms with Gasteiger partial charge in [0, 0.05) is 16.1 Å². The third-order valence-corrected chi connectivity index (χ3v) is 5.85. The smallest absolute Gasteiger partial charge is 0.408 e. The van der Waals surface area contributed by atoms with Crippen molar-refractivity contribution in [1.82, 2.24) is 25.1 Å². The lowest BCUT2D eigenvalue weighted by Crippen LogP contribution is -2.48. The number of thiophene rings is 1. The maximum Gasteiger partial charge on any atom is 0.408 e. The predicted octanol–water partition coefficient (Wildman–Crippen LogP) is 3.52. The molecule has 30 heavy (non-hydrogen) atoms. The van der Waals surface area contributed by atoms with Crippen LogP contribution in [0.3, 0.4) is 0 Å². The van der Waals surface area contributed by atoms with Gasteiger partial charge in [0.15, 0.2) is 0 Å². The summed E-state index contributed by atoms with van der Waals surface area (Å²) in [5.41, 5.74) is 0.106. The van der Waals surface area contributed by atoms with E-state index in [9.17, 15) is 19.8 Å². The van der Waals surface area contributed by atoms with Gasteiger partial charge in [-0.3, -0.25) is 14.8 Å². The second-order valence-electron chi connectivity index (χ2n) is 9.18. The number of carbonyl (C=O) groups is 1. The van der Waals surface area contributed by atoms with Gasteiger partial charge in [0.2, 0.25) is 0 Å². The van der Waals surface area contributed by atoms with Crippen LogP contribution in [0.5, 0.6) is 0 Å². The zero-order valence-electron chi connectivity index (χ0n) is 17.9. The van der Waals surface area contributed by atoms with Crippen molar-refractivity contribution < 1.29 is 15.0 Å². The molecule has 3 aromatic rings. The largest absolute Gasteiger partial charge is 0.465 e. The summed E-state index contributed by atoms with van der Waals surface area (Å²) in [4.78, 5) is 34.3. The van der Waals surface area contributed by atoms with Crippen LogP contribution in [0, 0.1) is 12.3 Å². The average Bonchev–Trinajstić information content (AvgIpc) is 3.17. The number of amides is 1. The Morgan fingerprint density at radius 2 is 1.97 bits per heavy atom. The zero-order chi connectivity index (χ0) is 22.4. The molecule has 1 atom stereocenters. The fraction of sp³-hybridized carbons (Fsp3) is 0.500. The highest BCUT2D eigenvalue weighted by Gasteiger charge is 2.39. The fourth-order valence-corrected chi connectivity index (χ4v) is 4.59. The van der Waals surface area contributed by atoms with Crippen LogP contribution >= 0.6 is 11.3 Å². The summed E-state index contributed by atoms with van der Waals surface area (Å²) in [6, 6.07) is 1.05. The SMILES string of the molecule is Cc1[nH]ncc1-c1cc2nc(C(N(CC(C)(C)O)C(=O)O)C(C)(C)C)[nH]c(=O)c2s1. The highest BCUT2D eigenvalue weighted by molar-refractivity contribution is 7.22. The Hall–Kier alpha value is -2.72. The fourth-order valence-electron chi connectivity index (χ4n) is 3.53. The third-order valence-electron chi connectivity index (χ3n) is 4.69. The molecule has 3 aromatic heterocycles. The zero-order valence-corrected chi connectivity index (χ0v) is 18.7. The molecule has 0 aromatic carbocycles. The van der Waals surface area contributed by atoms with Crippen LogP contribution in [-0.4, -0.2) is 53.5 Å². The Morgan fingerprint density at radius 1 is 1.30 bits per heavy atom. The van der Waals surface area contributed by atoms with Crippen LogP contribution in [0.1, 0.15) is 52.2 Å². The average molecular weight is 434 g/mol. The molecule has 0 spiro atoms. The van der Waals surface area contributed by atoms with Gasteiger partial charge in [-0.15, -0.1) is 11.3 Å². The summed E-state index contributed by atoms with van der Waals surface area (Å²) in [6.07, 6.45) is 0.502. The number of H-pyrrole nitrogens is 2. The maximum atomic E-state index is 12.9. The Morgan fingerprint density at radius 3 is 2.47 bits per heavy atom. The molecule has 0 fully saturated rings. The number of rotatable bonds is 5. The highest BCUT2D eigenvalue weighted by atomic mass is 32.1. The van der Waals surface area contributed by atoms with Crippen LogP contribution < -0.4 is 5.56 Å². The molecule has 0 saturated carbocycles. The van der Waals surface area contributed by atoms with E-state index < -0.39 is 23.2 Å². The van der Waals surface area contributed by atoms with E-state index >= 15 is 0 Å². The minimum atomic E-state index is -1.25. The van der Waals surface area contributed by atoms with E-state index in [1.165, 1.54) is 11.3 Å². The van der Waals surface area contributed by atoms with E-state index in [0.29, 0.717) is 10.2 Å². The number of aromatic amines is 2. The van der Waals surface area contributed by atoms with Crippen molar-refractivity contribution in [3.63, 3.8) is 0 Å². The molecular weight excluding hydrogens is 406 g/mol. The predicted molar refractivity (Wildman–Crippen MR) is 116 cm³/mol. The molecule has 1 unspecified atom stereocenters. The number of nitrogens with zero attached hydrogens (tertiary/aromatic N) is 3. The number of fused-ring (bicyclic) bond motifs is 1. The Kier molecular flexibility index (Phi) is 5.50. The number of aliphatic hydroxyl groups is 1. The van der Waals surface area contributed by atoms with Gasteiger partial charge in [0.05, 0.1) is 29.9 Å². The maximum absolute atomic E-state index is 12.9. The second kappa shape index (κ2) is 7.51. The monoisotopic (exact) mass is 433 g/mol. The summed E-state index contributed by atoms with van der Waals surface area (Å²) in [5.74, 6) is 0.250. The molecule has 4 N–H and O–H groups in total. The number of hydrogen-bond donors (Lipinski definition) is 4. The molecule has 0 aliphatic rings. The summed E-state index contributed by atoms with van der Waals surface area (Å²) >= 11 is 1.31. The first-order valence-electron chi connectivity index (χ1n) is 9.54. The first kappa shape index (κ1) is 22.0. The van der Waals surface area contributed by atoms with Crippen molar-refractivity contribution in [1.29, 1.82) is 0 Å². The second-order valence-corrected chi connectivity index (χ2v) is 10.2. The van der Waals surface area contributed by atoms with Crippen LogP contribution in [-0.2, 0) is 0 Å².